The molecule has 0 fully saturated rings. The summed E-state index contributed by atoms with van der Waals surface area (Å²) < 4.78 is 55.3. The van der Waals surface area contributed by atoms with E-state index < -0.39 is 23.8 Å². The topological polar surface area (TPSA) is 65.0 Å². The Morgan fingerprint density at radius 3 is 2.42 bits per heavy atom. The number of aliphatic carboxylic acids is 1. The van der Waals surface area contributed by atoms with Crippen molar-refractivity contribution in [1.82, 2.24) is 0 Å². The summed E-state index contributed by atoms with van der Waals surface area (Å²) in [7, 11) is 0. The van der Waals surface area contributed by atoms with Gasteiger partial charge in [-0.25, -0.2) is 4.79 Å². The van der Waals surface area contributed by atoms with E-state index in [1.807, 2.05) is 0 Å². The van der Waals surface area contributed by atoms with Crippen LogP contribution in [0.2, 0.25) is 5.02 Å². The van der Waals surface area contributed by atoms with Gasteiger partial charge in [0, 0.05) is 29.9 Å². The molecule has 0 bridgehead atoms. The van der Waals surface area contributed by atoms with Crippen molar-refractivity contribution in [1.29, 1.82) is 0 Å². The molecule has 9 heteroatoms. The Morgan fingerprint density at radius 2 is 1.88 bits per heavy atom. The van der Waals surface area contributed by atoms with E-state index in [1.54, 1.807) is 13.8 Å². The first-order chi connectivity index (χ1) is 12.2. The van der Waals surface area contributed by atoms with Gasteiger partial charge in [-0.1, -0.05) is 11.6 Å². The third kappa shape index (κ3) is 4.31. The summed E-state index contributed by atoms with van der Waals surface area (Å²) in [5.74, 6) is -1.82. The highest BCUT2D eigenvalue weighted by Gasteiger charge is 2.48. The van der Waals surface area contributed by atoms with Crippen molar-refractivity contribution in [3.05, 3.63) is 33.4 Å². The van der Waals surface area contributed by atoms with Crippen LogP contribution in [0.3, 0.4) is 0 Å². The van der Waals surface area contributed by atoms with E-state index in [2.05, 4.69) is 0 Å². The third-order valence-corrected chi connectivity index (χ3v) is 4.20. The summed E-state index contributed by atoms with van der Waals surface area (Å²) in [6.07, 6.45) is -6.49. The quantitative estimate of drug-likeness (QED) is 0.750. The first-order valence-electron chi connectivity index (χ1n) is 7.88. The van der Waals surface area contributed by atoms with Gasteiger partial charge in [-0.3, -0.25) is 0 Å². The summed E-state index contributed by atoms with van der Waals surface area (Å²) in [6, 6.07) is 1.34. The minimum Gasteiger partial charge on any atom is -0.478 e. The number of halogens is 4. The first-order valence-corrected chi connectivity index (χ1v) is 8.26. The molecule has 0 saturated heterocycles. The van der Waals surface area contributed by atoms with Gasteiger partial charge in [-0.05, 0) is 26.0 Å². The Hall–Kier alpha value is -1.77. The Balaban J connectivity index is 2.62. The van der Waals surface area contributed by atoms with Crippen LogP contribution in [-0.2, 0) is 27.5 Å². The zero-order chi connectivity index (χ0) is 19.5. The van der Waals surface area contributed by atoms with Crippen LogP contribution >= 0.6 is 11.6 Å². The van der Waals surface area contributed by atoms with Crippen molar-refractivity contribution in [2.24, 2.45) is 0 Å². The normalized spacial score (nSPS) is 16.7. The Bertz CT molecular complexity index is 715. The first kappa shape index (κ1) is 20.5. The number of benzene rings is 1. The van der Waals surface area contributed by atoms with Gasteiger partial charge in [0.2, 0.25) is 6.10 Å². The van der Waals surface area contributed by atoms with Gasteiger partial charge in [0.05, 0.1) is 23.8 Å². The lowest BCUT2D eigenvalue weighted by Crippen LogP contribution is -2.40. The molecule has 1 aliphatic heterocycles. The third-order valence-electron chi connectivity index (χ3n) is 3.73. The highest BCUT2D eigenvalue weighted by Crippen LogP contribution is 2.42. The van der Waals surface area contributed by atoms with Crippen LogP contribution < -0.4 is 4.74 Å². The fraction of sp³-hybridized carbons (Fsp3) is 0.471. The highest BCUT2D eigenvalue weighted by atomic mass is 35.5. The summed E-state index contributed by atoms with van der Waals surface area (Å²) in [5.41, 5.74) is 0.0631. The largest absolute Gasteiger partial charge is 0.478 e. The van der Waals surface area contributed by atoms with Gasteiger partial charge < -0.3 is 19.3 Å². The molecule has 0 radical (unpaired) electrons. The summed E-state index contributed by atoms with van der Waals surface area (Å²) in [6.45, 7) is 4.34. The molecule has 1 aromatic carbocycles. The maximum atomic E-state index is 13.2. The number of alkyl halides is 3. The smallest absolute Gasteiger partial charge is 0.430 e. The van der Waals surface area contributed by atoms with E-state index in [4.69, 9.17) is 25.8 Å². The molecule has 0 amide bonds. The highest BCUT2D eigenvalue weighted by molar-refractivity contribution is 6.32. The van der Waals surface area contributed by atoms with Crippen molar-refractivity contribution >= 4 is 23.6 Å². The van der Waals surface area contributed by atoms with Crippen molar-refractivity contribution < 1.29 is 37.3 Å². The van der Waals surface area contributed by atoms with Crippen molar-refractivity contribution in [2.75, 3.05) is 13.2 Å². The number of carbonyl (C=O) groups is 1. The van der Waals surface area contributed by atoms with Crippen LogP contribution in [0.15, 0.2) is 11.6 Å². The van der Waals surface area contributed by atoms with Gasteiger partial charge >= 0.3 is 12.1 Å². The predicted octanol–water partition coefficient (Wildman–Crippen LogP) is 4.20. The molecule has 1 atom stereocenters. The maximum Gasteiger partial charge on any atom is 0.430 e. The fourth-order valence-electron chi connectivity index (χ4n) is 2.52. The average Bonchev–Trinajstić information content (AvgIpc) is 2.57. The minimum absolute atomic E-state index is 0.00107. The molecule has 1 unspecified atom stereocenters. The number of rotatable bonds is 7. The molecule has 0 spiro atoms. The van der Waals surface area contributed by atoms with E-state index in [1.165, 1.54) is 6.07 Å². The second-order valence-electron chi connectivity index (χ2n) is 5.46. The molecule has 1 heterocycles. The van der Waals surface area contributed by atoms with Crippen molar-refractivity contribution in [3.63, 3.8) is 0 Å². The van der Waals surface area contributed by atoms with E-state index in [0.717, 1.165) is 6.08 Å². The molecule has 0 saturated carbocycles. The summed E-state index contributed by atoms with van der Waals surface area (Å²) >= 11 is 6.36. The van der Waals surface area contributed by atoms with Crippen LogP contribution in [0.5, 0.6) is 5.75 Å². The number of fused-ring (bicyclic) bond motifs is 1. The molecule has 144 valence electrons. The molecule has 0 aliphatic carbocycles. The molecular weight excluding hydrogens is 377 g/mol. The van der Waals surface area contributed by atoms with Crippen LogP contribution in [0.25, 0.3) is 6.08 Å². The Kier molecular flexibility index (Phi) is 6.54. The second-order valence-corrected chi connectivity index (χ2v) is 5.84. The van der Waals surface area contributed by atoms with Crippen molar-refractivity contribution in [3.8, 4) is 5.75 Å². The van der Waals surface area contributed by atoms with Gasteiger partial charge in [0.15, 0.2) is 0 Å². The van der Waals surface area contributed by atoms with Crippen LogP contribution in [0.1, 0.15) is 30.5 Å². The average molecular weight is 395 g/mol. The van der Waals surface area contributed by atoms with Gasteiger partial charge in [-0.2, -0.15) is 13.2 Å². The Labute approximate surface area is 153 Å². The number of carboxylic acids is 1. The molecular formula is C17H18ClF3O5. The van der Waals surface area contributed by atoms with Gasteiger partial charge in [-0.15, -0.1) is 0 Å². The van der Waals surface area contributed by atoms with E-state index in [9.17, 15) is 23.1 Å². The lowest BCUT2D eigenvalue weighted by molar-refractivity contribution is -0.187. The molecule has 1 aliphatic rings. The van der Waals surface area contributed by atoms with Crippen LogP contribution in [-0.4, -0.2) is 36.6 Å². The zero-order valence-corrected chi connectivity index (χ0v) is 14.9. The maximum absolute atomic E-state index is 13.2. The van der Waals surface area contributed by atoms with E-state index in [-0.39, 0.29) is 29.5 Å². The number of hydrogen-bond donors (Lipinski definition) is 1. The standard InChI is InChI=1S/C17H18ClF3O5/c1-3-24-7-9-5-13-10(12(14(9)18)8-25-4-2)6-11(16(22)23)15(26-13)17(19,20)21/h5-6,15H,3-4,7-8H2,1-2H3,(H,22,23). The number of ether oxygens (including phenoxy) is 3. The summed E-state index contributed by atoms with van der Waals surface area (Å²) in [4.78, 5) is 11.3. The molecule has 0 aromatic heterocycles. The number of carboxylic acid groups (broad SMARTS) is 1. The Morgan fingerprint density at radius 1 is 1.27 bits per heavy atom. The van der Waals surface area contributed by atoms with Gasteiger partial charge in [0.25, 0.3) is 0 Å². The minimum atomic E-state index is -4.87. The lowest BCUT2D eigenvalue weighted by Gasteiger charge is -2.29. The zero-order valence-electron chi connectivity index (χ0n) is 14.2. The predicted molar refractivity (Wildman–Crippen MR) is 88.2 cm³/mol. The van der Waals surface area contributed by atoms with Gasteiger partial charge in [0.1, 0.15) is 5.75 Å². The van der Waals surface area contributed by atoms with Crippen LogP contribution in [0.4, 0.5) is 13.2 Å². The molecule has 1 aromatic rings. The van der Waals surface area contributed by atoms with Crippen LogP contribution in [0, 0.1) is 0 Å². The lowest BCUT2D eigenvalue weighted by atomic mass is 9.95. The fourth-order valence-corrected chi connectivity index (χ4v) is 2.78. The molecule has 5 nitrogen and oxygen atoms in total. The summed E-state index contributed by atoms with van der Waals surface area (Å²) in [5, 5.41) is 9.42. The second kappa shape index (κ2) is 8.28. The molecule has 1 N–H and O–H groups in total. The SMILES string of the molecule is CCOCc1cc2c(c(COCC)c1Cl)C=C(C(=O)O)C(C(F)(F)F)O2. The van der Waals surface area contributed by atoms with E-state index >= 15 is 0 Å². The monoisotopic (exact) mass is 394 g/mol. The van der Waals surface area contributed by atoms with Crippen molar-refractivity contribution in [2.45, 2.75) is 39.3 Å². The number of hydrogen-bond acceptors (Lipinski definition) is 4. The molecule has 2 rings (SSSR count). The van der Waals surface area contributed by atoms with E-state index in [0.29, 0.717) is 24.3 Å². The molecule has 26 heavy (non-hydrogen) atoms.